The van der Waals surface area contributed by atoms with Gasteiger partial charge in [0.2, 0.25) is 0 Å². The summed E-state index contributed by atoms with van der Waals surface area (Å²) in [5.74, 6) is 1.56. The Morgan fingerprint density at radius 3 is 3.18 bits per heavy atom. The van der Waals surface area contributed by atoms with Crippen LogP contribution in [-0.2, 0) is 0 Å². The molecule has 1 aliphatic heterocycles. The minimum Gasteiger partial charge on any atom is -0.359 e. The van der Waals surface area contributed by atoms with Gasteiger partial charge in [0.05, 0.1) is 6.54 Å². The van der Waals surface area contributed by atoms with E-state index in [1.54, 1.807) is 11.2 Å². The maximum absolute atomic E-state index is 4.89. The second-order valence-corrected chi connectivity index (χ2v) is 2.32. The lowest BCUT2D eigenvalue weighted by Crippen LogP contribution is -2.29. The topological polar surface area (TPSA) is 53.7 Å². The first-order chi connectivity index (χ1) is 5.36. The molecule has 1 aromatic heterocycles. The van der Waals surface area contributed by atoms with E-state index in [9.17, 15) is 0 Å². The minimum atomic E-state index is 0.728. The molecule has 0 unspecified atom stereocenters. The third kappa shape index (κ3) is 1.04. The molecular weight excluding hydrogens is 144 g/mol. The number of hydrogen-bond donors (Lipinski definition) is 1. The van der Waals surface area contributed by atoms with Crippen molar-refractivity contribution in [3.8, 4) is 0 Å². The summed E-state index contributed by atoms with van der Waals surface area (Å²) in [6.07, 6.45) is 1.77. The number of hydrazine groups is 1. The monoisotopic (exact) mass is 152 g/mol. The van der Waals surface area contributed by atoms with E-state index < -0.39 is 0 Å². The normalized spacial score (nSPS) is 15.5. The fourth-order valence-corrected chi connectivity index (χ4v) is 0.899. The summed E-state index contributed by atoms with van der Waals surface area (Å²) < 4.78 is 4.89. The summed E-state index contributed by atoms with van der Waals surface area (Å²) in [7, 11) is 0. The van der Waals surface area contributed by atoms with Crippen LogP contribution in [-0.4, -0.2) is 17.9 Å². The van der Waals surface area contributed by atoms with E-state index in [-0.39, 0.29) is 0 Å². The summed E-state index contributed by atoms with van der Waals surface area (Å²) in [6, 6.07) is 1.85. The standard InChI is InChI=1S/C6H8N4O/c1-5-4-6(8-11-5)10-3-2-7-9-10/h2,4,9H,3H2,1H3. The average Bonchev–Trinajstić information content (AvgIpc) is 2.55. The molecule has 0 bridgehead atoms. The molecule has 2 heterocycles. The number of nitrogens with one attached hydrogen (secondary N) is 1. The van der Waals surface area contributed by atoms with Gasteiger partial charge in [0.15, 0.2) is 5.82 Å². The zero-order chi connectivity index (χ0) is 7.68. The lowest BCUT2D eigenvalue weighted by Gasteiger charge is -2.10. The maximum Gasteiger partial charge on any atom is 0.192 e. The van der Waals surface area contributed by atoms with Crippen molar-refractivity contribution >= 4 is 12.0 Å². The molecule has 2 rings (SSSR count). The van der Waals surface area contributed by atoms with Gasteiger partial charge in [-0.15, -0.1) is 0 Å². The zero-order valence-corrected chi connectivity index (χ0v) is 6.11. The molecule has 0 radical (unpaired) electrons. The summed E-state index contributed by atoms with van der Waals surface area (Å²) in [5, 5.41) is 9.41. The number of hydrogen-bond acceptors (Lipinski definition) is 5. The van der Waals surface area contributed by atoms with Crippen molar-refractivity contribution in [2.75, 3.05) is 11.6 Å². The van der Waals surface area contributed by atoms with E-state index in [1.807, 2.05) is 13.0 Å². The van der Waals surface area contributed by atoms with Gasteiger partial charge in [-0.2, -0.15) is 5.10 Å². The highest BCUT2D eigenvalue weighted by Crippen LogP contribution is 2.11. The van der Waals surface area contributed by atoms with E-state index in [1.165, 1.54) is 0 Å². The molecular formula is C6H8N4O. The van der Waals surface area contributed by atoms with Crippen LogP contribution in [0.1, 0.15) is 5.76 Å². The first kappa shape index (κ1) is 6.21. The molecule has 1 N–H and O–H groups in total. The highest BCUT2D eigenvalue weighted by Gasteiger charge is 2.11. The molecule has 58 valence electrons. The van der Waals surface area contributed by atoms with E-state index in [0.29, 0.717) is 0 Å². The first-order valence-corrected chi connectivity index (χ1v) is 3.34. The van der Waals surface area contributed by atoms with Crippen molar-refractivity contribution in [3.05, 3.63) is 11.8 Å². The first-order valence-electron chi connectivity index (χ1n) is 3.34. The second-order valence-electron chi connectivity index (χ2n) is 2.32. The molecule has 5 nitrogen and oxygen atoms in total. The summed E-state index contributed by atoms with van der Waals surface area (Å²) in [4.78, 5) is 0. The Labute approximate surface area is 63.6 Å². The van der Waals surface area contributed by atoms with Crippen LogP contribution in [0.4, 0.5) is 5.82 Å². The molecule has 0 aliphatic carbocycles. The van der Waals surface area contributed by atoms with Gasteiger partial charge in [0, 0.05) is 12.3 Å². The largest absolute Gasteiger partial charge is 0.359 e. The highest BCUT2D eigenvalue weighted by atomic mass is 16.5. The zero-order valence-electron chi connectivity index (χ0n) is 6.11. The Balaban J connectivity index is 2.17. The number of hydrazone groups is 1. The fourth-order valence-electron chi connectivity index (χ4n) is 0.899. The molecule has 0 aromatic carbocycles. The van der Waals surface area contributed by atoms with E-state index in [4.69, 9.17) is 4.52 Å². The van der Waals surface area contributed by atoms with E-state index in [0.717, 1.165) is 18.1 Å². The Bertz CT molecular complexity index is 272. The molecule has 0 saturated carbocycles. The van der Waals surface area contributed by atoms with Crippen molar-refractivity contribution in [1.29, 1.82) is 0 Å². The minimum absolute atomic E-state index is 0.728. The van der Waals surface area contributed by atoms with Gasteiger partial charge in [-0.25, -0.2) is 10.5 Å². The number of aryl methyl sites for hydroxylation is 1. The number of nitrogens with zero attached hydrogens (tertiary/aromatic N) is 3. The van der Waals surface area contributed by atoms with Crippen LogP contribution in [0.3, 0.4) is 0 Å². The van der Waals surface area contributed by atoms with Crippen LogP contribution in [0.5, 0.6) is 0 Å². The van der Waals surface area contributed by atoms with Gasteiger partial charge in [-0.1, -0.05) is 5.16 Å². The van der Waals surface area contributed by atoms with Gasteiger partial charge in [-0.05, 0) is 6.92 Å². The Morgan fingerprint density at radius 1 is 1.73 bits per heavy atom. The second kappa shape index (κ2) is 2.26. The van der Waals surface area contributed by atoms with Crippen molar-refractivity contribution in [3.63, 3.8) is 0 Å². The summed E-state index contributed by atoms with van der Waals surface area (Å²) in [6.45, 7) is 2.58. The maximum atomic E-state index is 4.89. The average molecular weight is 152 g/mol. The van der Waals surface area contributed by atoms with Gasteiger partial charge in [0.1, 0.15) is 5.76 Å². The summed E-state index contributed by atoms with van der Waals surface area (Å²) >= 11 is 0. The van der Waals surface area contributed by atoms with Crippen molar-refractivity contribution in [1.82, 2.24) is 10.7 Å². The van der Waals surface area contributed by atoms with Crippen LogP contribution >= 0.6 is 0 Å². The van der Waals surface area contributed by atoms with E-state index in [2.05, 4.69) is 15.8 Å². The van der Waals surface area contributed by atoms with Crippen LogP contribution in [0.25, 0.3) is 0 Å². The molecule has 0 fully saturated rings. The smallest absolute Gasteiger partial charge is 0.192 e. The lowest BCUT2D eigenvalue weighted by molar-refractivity contribution is 0.396. The molecule has 5 heteroatoms. The third-order valence-corrected chi connectivity index (χ3v) is 1.43. The van der Waals surface area contributed by atoms with E-state index >= 15 is 0 Å². The van der Waals surface area contributed by atoms with Gasteiger partial charge in [-0.3, -0.25) is 0 Å². The SMILES string of the molecule is Cc1cc(N2CC=NN2)no1. The van der Waals surface area contributed by atoms with Crippen molar-refractivity contribution < 1.29 is 4.52 Å². The molecule has 0 amide bonds. The molecule has 1 aliphatic rings. The number of anilines is 1. The summed E-state index contributed by atoms with van der Waals surface area (Å²) in [5.41, 5.74) is 2.77. The number of aromatic nitrogens is 1. The predicted octanol–water partition coefficient (Wildman–Crippen LogP) is 0.293. The Hall–Kier alpha value is -1.52. The quantitative estimate of drug-likeness (QED) is 0.628. The van der Waals surface area contributed by atoms with Crippen LogP contribution in [0, 0.1) is 6.92 Å². The van der Waals surface area contributed by atoms with Crippen molar-refractivity contribution in [2.24, 2.45) is 5.10 Å². The number of rotatable bonds is 1. The molecule has 11 heavy (non-hydrogen) atoms. The van der Waals surface area contributed by atoms with Crippen LogP contribution < -0.4 is 10.5 Å². The Kier molecular flexibility index (Phi) is 1.28. The molecule has 0 atom stereocenters. The highest BCUT2D eigenvalue weighted by molar-refractivity contribution is 5.66. The molecule has 0 spiro atoms. The molecule has 1 aromatic rings. The van der Waals surface area contributed by atoms with Crippen LogP contribution in [0.2, 0.25) is 0 Å². The van der Waals surface area contributed by atoms with Gasteiger partial charge >= 0.3 is 0 Å². The third-order valence-electron chi connectivity index (χ3n) is 1.43. The van der Waals surface area contributed by atoms with Crippen LogP contribution in [0.15, 0.2) is 15.7 Å². The van der Waals surface area contributed by atoms with Crippen molar-refractivity contribution in [2.45, 2.75) is 6.92 Å². The van der Waals surface area contributed by atoms with Gasteiger partial charge in [0.25, 0.3) is 0 Å². The lowest BCUT2D eigenvalue weighted by atomic mass is 10.5. The fraction of sp³-hybridized carbons (Fsp3) is 0.333. The Morgan fingerprint density at radius 2 is 2.64 bits per heavy atom. The van der Waals surface area contributed by atoms with Gasteiger partial charge < -0.3 is 4.52 Å². The predicted molar refractivity (Wildman–Crippen MR) is 40.2 cm³/mol. The molecule has 0 saturated heterocycles.